The van der Waals surface area contributed by atoms with Gasteiger partial charge in [-0.1, -0.05) is 0 Å². The van der Waals surface area contributed by atoms with Crippen molar-refractivity contribution in [3.8, 4) is 6.07 Å². The van der Waals surface area contributed by atoms with Crippen molar-refractivity contribution in [3.05, 3.63) is 0 Å². The molecule has 3 heteroatoms. The van der Waals surface area contributed by atoms with Gasteiger partial charge < -0.3 is 9.90 Å². The maximum Gasteiger partial charge on any atom is 0.129 e. The zero-order valence-corrected chi connectivity index (χ0v) is 6.00. The third-order valence-electron chi connectivity index (χ3n) is 1.16. The number of aliphatic hydroxyl groups excluding tert-OH is 1. The summed E-state index contributed by atoms with van der Waals surface area (Å²) in [7, 11) is 0. The zero-order valence-electron chi connectivity index (χ0n) is 6.00. The van der Waals surface area contributed by atoms with Crippen LogP contribution in [-0.4, -0.2) is 17.0 Å². The van der Waals surface area contributed by atoms with Gasteiger partial charge in [0.15, 0.2) is 0 Å². The van der Waals surface area contributed by atoms with Gasteiger partial charge in [0.25, 0.3) is 0 Å². The second-order valence-electron chi connectivity index (χ2n) is 2.26. The molecule has 0 radical (unpaired) electrons. The lowest BCUT2D eigenvalue weighted by molar-refractivity contribution is -0.117. The van der Waals surface area contributed by atoms with Crippen molar-refractivity contribution in [3.63, 3.8) is 0 Å². The van der Waals surface area contributed by atoms with E-state index in [0.29, 0.717) is 12.8 Å². The number of carbonyl (C=O) groups is 1. The van der Waals surface area contributed by atoms with Crippen LogP contribution >= 0.6 is 0 Å². The largest absolute Gasteiger partial charge is 0.392 e. The van der Waals surface area contributed by atoms with Gasteiger partial charge in [0.05, 0.1) is 18.6 Å². The van der Waals surface area contributed by atoms with Gasteiger partial charge in [-0.3, -0.25) is 0 Å². The van der Waals surface area contributed by atoms with Crippen LogP contribution in [0.15, 0.2) is 0 Å². The SMILES string of the molecule is CC(=O)CCC(O)CC#N. The molecule has 3 nitrogen and oxygen atoms in total. The maximum atomic E-state index is 10.4. The monoisotopic (exact) mass is 141 g/mol. The summed E-state index contributed by atoms with van der Waals surface area (Å²) in [4.78, 5) is 10.4. The van der Waals surface area contributed by atoms with E-state index in [4.69, 9.17) is 10.4 Å². The average molecular weight is 141 g/mol. The van der Waals surface area contributed by atoms with Crippen molar-refractivity contribution in [2.75, 3.05) is 0 Å². The average Bonchev–Trinajstić information content (AvgIpc) is 1.85. The Morgan fingerprint density at radius 3 is 2.80 bits per heavy atom. The van der Waals surface area contributed by atoms with Crippen LogP contribution in [0.25, 0.3) is 0 Å². The summed E-state index contributed by atoms with van der Waals surface area (Å²) in [6.07, 6.45) is 0.257. The number of rotatable bonds is 4. The van der Waals surface area contributed by atoms with Gasteiger partial charge in [-0.15, -0.1) is 0 Å². The molecule has 0 spiro atoms. The Bertz CT molecular complexity index is 148. The number of Topliss-reactive ketones (excluding diaryl/α,β-unsaturated/α-hetero) is 1. The lowest BCUT2D eigenvalue weighted by Gasteiger charge is -2.01. The highest BCUT2D eigenvalue weighted by atomic mass is 16.3. The Morgan fingerprint density at radius 2 is 2.40 bits per heavy atom. The summed E-state index contributed by atoms with van der Waals surface area (Å²) in [5, 5.41) is 17.0. The van der Waals surface area contributed by atoms with E-state index >= 15 is 0 Å². The molecule has 0 fully saturated rings. The number of aliphatic hydroxyl groups is 1. The van der Waals surface area contributed by atoms with Crippen molar-refractivity contribution < 1.29 is 9.90 Å². The fraction of sp³-hybridized carbons (Fsp3) is 0.714. The van der Waals surface area contributed by atoms with Gasteiger partial charge in [-0.05, 0) is 13.3 Å². The number of nitrogens with zero attached hydrogens (tertiary/aromatic N) is 1. The van der Waals surface area contributed by atoms with E-state index in [2.05, 4.69) is 0 Å². The van der Waals surface area contributed by atoms with Crippen LogP contribution in [0.5, 0.6) is 0 Å². The molecule has 0 aromatic carbocycles. The number of hydrogen-bond donors (Lipinski definition) is 1. The van der Waals surface area contributed by atoms with Crippen molar-refractivity contribution in [2.24, 2.45) is 0 Å². The molecule has 56 valence electrons. The van der Waals surface area contributed by atoms with Crippen LogP contribution in [0.3, 0.4) is 0 Å². The fourth-order valence-corrected chi connectivity index (χ4v) is 0.577. The standard InChI is InChI=1S/C7H11NO2/c1-6(9)2-3-7(10)4-5-8/h7,10H,2-4H2,1H3. The van der Waals surface area contributed by atoms with Crippen LogP contribution in [-0.2, 0) is 4.79 Å². The minimum atomic E-state index is -0.631. The molecular formula is C7H11NO2. The van der Waals surface area contributed by atoms with Gasteiger partial charge in [-0.2, -0.15) is 5.26 Å². The molecule has 0 aromatic heterocycles. The van der Waals surface area contributed by atoms with E-state index in [0.717, 1.165) is 0 Å². The molecule has 0 aliphatic carbocycles. The van der Waals surface area contributed by atoms with E-state index in [1.165, 1.54) is 6.92 Å². The summed E-state index contributed by atoms with van der Waals surface area (Å²) in [6.45, 7) is 1.47. The van der Waals surface area contributed by atoms with Crippen LogP contribution in [0.4, 0.5) is 0 Å². The Balaban J connectivity index is 3.32. The molecular weight excluding hydrogens is 130 g/mol. The van der Waals surface area contributed by atoms with Crippen molar-refractivity contribution in [2.45, 2.75) is 32.3 Å². The summed E-state index contributed by atoms with van der Waals surface area (Å²) in [5.41, 5.74) is 0. The van der Waals surface area contributed by atoms with E-state index in [1.54, 1.807) is 0 Å². The highest BCUT2D eigenvalue weighted by Crippen LogP contribution is 2.00. The molecule has 1 N–H and O–H groups in total. The highest BCUT2D eigenvalue weighted by molar-refractivity contribution is 5.75. The van der Waals surface area contributed by atoms with Gasteiger partial charge in [0.1, 0.15) is 5.78 Å². The normalized spacial score (nSPS) is 12.1. The molecule has 1 atom stereocenters. The first kappa shape index (κ1) is 9.12. The van der Waals surface area contributed by atoms with E-state index < -0.39 is 6.10 Å². The lowest BCUT2D eigenvalue weighted by atomic mass is 10.1. The molecule has 1 unspecified atom stereocenters. The Labute approximate surface area is 60.3 Å². The molecule has 0 bridgehead atoms. The van der Waals surface area contributed by atoms with Gasteiger partial charge >= 0.3 is 0 Å². The predicted octanol–water partition coefficient (Wildman–Crippen LogP) is 0.630. The number of nitriles is 1. The summed E-state index contributed by atoms with van der Waals surface area (Å²) < 4.78 is 0. The van der Waals surface area contributed by atoms with Crippen LogP contribution in [0, 0.1) is 11.3 Å². The lowest BCUT2D eigenvalue weighted by Crippen LogP contribution is -2.06. The predicted molar refractivity (Wildman–Crippen MR) is 36.2 cm³/mol. The maximum absolute atomic E-state index is 10.4. The summed E-state index contributed by atoms with van der Waals surface area (Å²) >= 11 is 0. The number of ketones is 1. The number of carbonyl (C=O) groups excluding carboxylic acids is 1. The zero-order chi connectivity index (χ0) is 7.98. The van der Waals surface area contributed by atoms with E-state index in [1.807, 2.05) is 6.07 Å². The minimum Gasteiger partial charge on any atom is -0.392 e. The van der Waals surface area contributed by atoms with E-state index in [9.17, 15) is 4.79 Å². The number of hydrogen-bond acceptors (Lipinski definition) is 3. The topological polar surface area (TPSA) is 61.1 Å². The van der Waals surface area contributed by atoms with Crippen molar-refractivity contribution >= 4 is 5.78 Å². The first-order valence-corrected chi connectivity index (χ1v) is 3.21. The summed E-state index contributed by atoms with van der Waals surface area (Å²) in [5.74, 6) is 0.0528. The van der Waals surface area contributed by atoms with Crippen molar-refractivity contribution in [1.29, 1.82) is 5.26 Å². The molecule has 0 saturated carbocycles. The second-order valence-corrected chi connectivity index (χ2v) is 2.26. The van der Waals surface area contributed by atoms with E-state index in [-0.39, 0.29) is 12.2 Å². The third kappa shape index (κ3) is 5.26. The quantitative estimate of drug-likeness (QED) is 0.624. The van der Waals surface area contributed by atoms with Crippen LogP contribution in [0.2, 0.25) is 0 Å². The molecule has 0 aromatic rings. The molecule has 0 rings (SSSR count). The minimum absolute atomic E-state index is 0.0528. The summed E-state index contributed by atoms with van der Waals surface area (Å²) in [6, 6.07) is 1.83. The van der Waals surface area contributed by atoms with Crippen molar-refractivity contribution in [1.82, 2.24) is 0 Å². The van der Waals surface area contributed by atoms with Gasteiger partial charge in [-0.25, -0.2) is 0 Å². The Morgan fingerprint density at radius 1 is 1.80 bits per heavy atom. The van der Waals surface area contributed by atoms with Crippen LogP contribution < -0.4 is 0 Å². The molecule has 10 heavy (non-hydrogen) atoms. The smallest absolute Gasteiger partial charge is 0.129 e. The molecule has 0 amide bonds. The fourth-order valence-electron chi connectivity index (χ4n) is 0.577. The third-order valence-corrected chi connectivity index (χ3v) is 1.16. The Kier molecular flexibility index (Phi) is 4.51. The molecule has 0 saturated heterocycles. The molecule has 0 aliphatic rings. The Hall–Kier alpha value is -0.880. The molecule has 0 heterocycles. The highest BCUT2D eigenvalue weighted by Gasteiger charge is 2.03. The van der Waals surface area contributed by atoms with Crippen LogP contribution in [0.1, 0.15) is 26.2 Å². The van der Waals surface area contributed by atoms with Gasteiger partial charge in [0, 0.05) is 6.42 Å². The first-order chi connectivity index (χ1) is 4.66. The van der Waals surface area contributed by atoms with Gasteiger partial charge in [0.2, 0.25) is 0 Å². The molecule has 0 aliphatic heterocycles. The second kappa shape index (κ2) is 4.95. The first-order valence-electron chi connectivity index (χ1n) is 3.21.